The van der Waals surface area contributed by atoms with E-state index in [2.05, 4.69) is 13.0 Å². The zero-order valence-corrected chi connectivity index (χ0v) is 18.6. The van der Waals surface area contributed by atoms with Crippen LogP contribution in [0.4, 0.5) is 0 Å². The first-order chi connectivity index (χ1) is 14.4. The average Bonchev–Trinajstić information content (AvgIpc) is 3.23. The van der Waals surface area contributed by atoms with E-state index in [1.54, 1.807) is 15.3 Å². The Kier molecular flexibility index (Phi) is 5.98. The summed E-state index contributed by atoms with van der Waals surface area (Å²) >= 11 is 0. The Morgan fingerprint density at radius 2 is 1.77 bits per heavy atom. The van der Waals surface area contributed by atoms with Gasteiger partial charge in [-0.1, -0.05) is 30.3 Å². The molecule has 30 heavy (non-hydrogen) atoms. The molecule has 2 aromatic rings. The zero-order valence-electron chi connectivity index (χ0n) is 17.8. The third kappa shape index (κ3) is 4.16. The summed E-state index contributed by atoms with van der Waals surface area (Å²) in [6, 6.07) is 13.6. The van der Waals surface area contributed by atoms with Crippen molar-refractivity contribution in [2.75, 3.05) is 20.1 Å². The van der Waals surface area contributed by atoms with Crippen molar-refractivity contribution in [3.05, 3.63) is 64.7 Å². The summed E-state index contributed by atoms with van der Waals surface area (Å²) in [6.45, 7) is 3.43. The molecule has 1 heterocycles. The maximum Gasteiger partial charge on any atom is 0.243 e. The number of fused-ring (bicyclic) bond motifs is 1. The number of hydrogen-bond acceptors (Lipinski definition) is 3. The Hall–Kier alpha value is -2.18. The number of hydrogen-bond donors (Lipinski definition) is 0. The van der Waals surface area contributed by atoms with E-state index in [0.29, 0.717) is 37.4 Å². The smallest absolute Gasteiger partial charge is 0.243 e. The number of piperidine rings is 1. The number of amides is 1. The lowest BCUT2D eigenvalue weighted by Gasteiger charge is -2.32. The van der Waals surface area contributed by atoms with Crippen LogP contribution < -0.4 is 0 Å². The molecule has 0 saturated carbocycles. The maximum atomic E-state index is 13.1. The van der Waals surface area contributed by atoms with E-state index in [0.717, 1.165) is 24.8 Å². The van der Waals surface area contributed by atoms with E-state index in [1.165, 1.54) is 16.7 Å². The van der Waals surface area contributed by atoms with Gasteiger partial charge in [-0.3, -0.25) is 4.79 Å². The number of aryl methyl sites for hydroxylation is 3. The van der Waals surface area contributed by atoms with Gasteiger partial charge >= 0.3 is 0 Å². The quantitative estimate of drug-likeness (QED) is 0.735. The molecule has 160 valence electrons. The standard InChI is InChI=1S/C24H30N2O3S/c1-18-6-3-4-7-22(18)17-25(2)24(27)20-12-14-26(15-13-20)30(28,29)23-11-10-19-8-5-9-21(19)16-23/h3-4,6-7,10-11,16,20H,5,8-9,12-15,17H2,1-2H3. The van der Waals surface area contributed by atoms with Crippen molar-refractivity contribution in [3.8, 4) is 0 Å². The molecule has 0 radical (unpaired) electrons. The minimum atomic E-state index is -3.50. The summed E-state index contributed by atoms with van der Waals surface area (Å²) in [7, 11) is -1.66. The predicted molar refractivity (Wildman–Crippen MR) is 118 cm³/mol. The molecule has 1 fully saturated rings. The highest BCUT2D eigenvalue weighted by molar-refractivity contribution is 7.89. The third-order valence-corrected chi connectivity index (χ3v) is 8.45. The molecule has 6 heteroatoms. The Morgan fingerprint density at radius 1 is 1.07 bits per heavy atom. The summed E-state index contributed by atoms with van der Waals surface area (Å²) in [5, 5.41) is 0. The average molecular weight is 427 g/mol. The van der Waals surface area contributed by atoms with Crippen LogP contribution in [0.3, 0.4) is 0 Å². The molecular formula is C24H30N2O3S. The van der Waals surface area contributed by atoms with Gasteiger partial charge in [-0.05, 0) is 73.4 Å². The van der Waals surface area contributed by atoms with Gasteiger partial charge < -0.3 is 4.90 Å². The van der Waals surface area contributed by atoms with Gasteiger partial charge in [0.2, 0.25) is 15.9 Å². The summed E-state index contributed by atoms with van der Waals surface area (Å²) in [5.41, 5.74) is 4.76. The number of sulfonamides is 1. The molecule has 0 bridgehead atoms. The Balaban J connectivity index is 1.38. The van der Waals surface area contributed by atoms with Gasteiger partial charge in [-0.2, -0.15) is 4.31 Å². The third-order valence-electron chi connectivity index (χ3n) is 6.56. The maximum absolute atomic E-state index is 13.1. The molecule has 5 nitrogen and oxygen atoms in total. The highest BCUT2D eigenvalue weighted by atomic mass is 32.2. The van der Waals surface area contributed by atoms with Gasteiger partial charge in [0.1, 0.15) is 0 Å². The molecule has 4 rings (SSSR count). The van der Waals surface area contributed by atoms with E-state index in [1.807, 2.05) is 37.4 Å². The second kappa shape index (κ2) is 8.52. The minimum absolute atomic E-state index is 0.104. The lowest BCUT2D eigenvalue weighted by Crippen LogP contribution is -2.43. The van der Waals surface area contributed by atoms with E-state index >= 15 is 0 Å². The molecule has 1 aliphatic carbocycles. The second-order valence-corrected chi connectivity index (χ2v) is 10.5. The van der Waals surface area contributed by atoms with Crippen molar-refractivity contribution in [1.29, 1.82) is 0 Å². The van der Waals surface area contributed by atoms with Crippen molar-refractivity contribution >= 4 is 15.9 Å². The monoisotopic (exact) mass is 426 g/mol. The Bertz CT molecular complexity index is 1040. The lowest BCUT2D eigenvalue weighted by molar-refractivity contribution is -0.135. The minimum Gasteiger partial charge on any atom is -0.341 e. The van der Waals surface area contributed by atoms with E-state index < -0.39 is 10.0 Å². The van der Waals surface area contributed by atoms with Crippen molar-refractivity contribution in [2.24, 2.45) is 5.92 Å². The number of carbonyl (C=O) groups is 1. The molecule has 0 unspecified atom stereocenters. The summed E-state index contributed by atoms with van der Waals surface area (Å²) in [6.07, 6.45) is 4.24. The first-order valence-corrected chi connectivity index (χ1v) is 12.2. The molecule has 2 aromatic carbocycles. The zero-order chi connectivity index (χ0) is 21.3. The Morgan fingerprint density at radius 3 is 2.50 bits per heavy atom. The van der Waals surface area contributed by atoms with Crippen LogP contribution in [0.15, 0.2) is 47.4 Å². The normalized spacial score (nSPS) is 17.7. The van der Waals surface area contributed by atoms with Crippen LogP contribution in [-0.4, -0.2) is 43.7 Å². The molecule has 0 atom stereocenters. The van der Waals surface area contributed by atoms with E-state index in [-0.39, 0.29) is 11.8 Å². The van der Waals surface area contributed by atoms with Crippen LogP contribution in [0, 0.1) is 12.8 Å². The van der Waals surface area contributed by atoms with Gasteiger partial charge in [0.05, 0.1) is 4.90 Å². The summed E-state index contributed by atoms with van der Waals surface area (Å²) in [4.78, 5) is 15.1. The molecule has 2 aliphatic rings. The largest absolute Gasteiger partial charge is 0.341 e. The SMILES string of the molecule is Cc1ccccc1CN(C)C(=O)C1CCN(S(=O)(=O)c2ccc3c(c2)CCC3)CC1. The summed E-state index contributed by atoms with van der Waals surface area (Å²) in [5.74, 6) is -0.0154. The highest BCUT2D eigenvalue weighted by Crippen LogP contribution is 2.29. The molecule has 0 spiro atoms. The van der Waals surface area contributed by atoms with Gasteiger partial charge in [0, 0.05) is 32.6 Å². The van der Waals surface area contributed by atoms with Crippen LogP contribution in [0.5, 0.6) is 0 Å². The van der Waals surface area contributed by atoms with Gasteiger partial charge in [-0.15, -0.1) is 0 Å². The van der Waals surface area contributed by atoms with Crippen LogP contribution in [0.25, 0.3) is 0 Å². The molecule has 1 amide bonds. The van der Waals surface area contributed by atoms with Crippen molar-refractivity contribution in [2.45, 2.75) is 50.5 Å². The fourth-order valence-electron chi connectivity index (χ4n) is 4.63. The molecule has 1 saturated heterocycles. The van der Waals surface area contributed by atoms with Gasteiger partial charge in [0.25, 0.3) is 0 Å². The number of rotatable bonds is 5. The van der Waals surface area contributed by atoms with Crippen molar-refractivity contribution in [1.82, 2.24) is 9.21 Å². The highest BCUT2D eigenvalue weighted by Gasteiger charge is 2.33. The molecule has 0 N–H and O–H groups in total. The predicted octanol–water partition coefficient (Wildman–Crippen LogP) is 3.54. The molecular weight excluding hydrogens is 396 g/mol. The fraction of sp³-hybridized carbons (Fsp3) is 0.458. The van der Waals surface area contributed by atoms with E-state index in [9.17, 15) is 13.2 Å². The van der Waals surface area contributed by atoms with Crippen LogP contribution >= 0.6 is 0 Å². The van der Waals surface area contributed by atoms with Gasteiger partial charge in [0.15, 0.2) is 0 Å². The van der Waals surface area contributed by atoms with Crippen molar-refractivity contribution < 1.29 is 13.2 Å². The van der Waals surface area contributed by atoms with Crippen LogP contribution in [0.2, 0.25) is 0 Å². The molecule has 1 aliphatic heterocycles. The number of benzene rings is 2. The first kappa shape index (κ1) is 21.1. The summed E-state index contributed by atoms with van der Waals surface area (Å²) < 4.78 is 27.8. The van der Waals surface area contributed by atoms with Crippen LogP contribution in [-0.2, 0) is 34.2 Å². The van der Waals surface area contributed by atoms with E-state index in [4.69, 9.17) is 0 Å². The lowest BCUT2D eigenvalue weighted by atomic mass is 9.96. The van der Waals surface area contributed by atoms with Crippen LogP contribution in [0.1, 0.15) is 41.5 Å². The number of carbonyl (C=O) groups excluding carboxylic acids is 1. The Labute approximate surface area is 179 Å². The second-order valence-electron chi connectivity index (χ2n) is 8.58. The van der Waals surface area contributed by atoms with Crippen molar-refractivity contribution in [3.63, 3.8) is 0 Å². The molecule has 0 aromatic heterocycles. The first-order valence-electron chi connectivity index (χ1n) is 10.8. The topological polar surface area (TPSA) is 57.7 Å². The fourth-order valence-corrected chi connectivity index (χ4v) is 6.15. The van der Waals surface area contributed by atoms with Gasteiger partial charge in [-0.25, -0.2) is 8.42 Å². The number of nitrogens with zero attached hydrogens (tertiary/aromatic N) is 2.